The Balaban J connectivity index is 0.000000235. The minimum absolute atomic E-state index is 0. The number of anilines is 3. The van der Waals surface area contributed by atoms with Crippen molar-refractivity contribution in [2.45, 2.75) is 60.8 Å². The molecule has 474 valence electrons. The molecule has 0 spiro atoms. The summed E-state index contributed by atoms with van der Waals surface area (Å²) in [6.07, 6.45) is 14.3. The molecule has 87 heavy (non-hydrogen) atoms. The Kier molecular flexibility index (Phi) is 25.9. The molecule has 3 aliphatic heterocycles. The molecule has 3 saturated heterocycles. The average molecular weight is 1360 g/mol. The van der Waals surface area contributed by atoms with Crippen LogP contribution in [0.1, 0.15) is 52.6 Å². The maximum Gasteiger partial charge on any atom is 0.223 e. The number of hydrogen-bond acceptors (Lipinski definition) is 18. The zero-order valence-corrected chi connectivity index (χ0v) is 56.0. The van der Waals surface area contributed by atoms with Crippen molar-refractivity contribution < 1.29 is 60.1 Å². The van der Waals surface area contributed by atoms with E-state index in [1.807, 2.05) is 76.6 Å². The molecule has 3 aliphatic rings. The van der Waals surface area contributed by atoms with Crippen molar-refractivity contribution in [1.82, 2.24) is 44.6 Å². The van der Waals surface area contributed by atoms with Crippen molar-refractivity contribution in [2.24, 2.45) is 0 Å². The summed E-state index contributed by atoms with van der Waals surface area (Å²) in [6, 6.07) is 16.2. The number of sulfone groups is 3. The van der Waals surface area contributed by atoms with E-state index in [0.717, 1.165) is 103 Å². The zero-order valence-electron chi connectivity index (χ0n) is 51.3. The average Bonchev–Trinajstić information content (AvgIpc) is 1.31. The standard InChI is InChI=1S/C20H25ClN4O3S.2C20H26N4O3S.CH3.Pd/c1-14-10-15(2)20(23-12-14)16-11-18(22-13-17(16)21)24-5-7-25(8-6-24)19(26)4-9-29(3,27)28;2*1-15-12-16(2)20(22-14-15)17-4-6-21-18(13-17)23-7-9-24(10-8-23)19(25)5-11-28(3,26)27;;/h10-13H,4-9H2,1-3H3;2*4,6,12-14H,5,7-11H2,1-3H3;1H3;/q;;;-1;. The van der Waals surface area contributed by atoms with Gasteiger partial charge in [0.25, 0.3) is 0 Å². The van der Waals surface area contributed by atoms with Crippen LogP contribution in [0.5, 0.6) is 0 Å². The first-order valence-corrected chi connectivity index (χ1v) is 34.7. The van der Waals surface area contributed by atoms with E-state index in [2.05, 4.69) is 76.7 Å². The van der Waals surface area contributed by atoms with E-state index < -0.39 is 29.5 Å². The Morgan fingerprint density at radius 3 is 1.02 bits per heavy atom. The monoisotopic (exact) mass is 1360 g/mol. The maximum absolute atomic E-state index is 12.2. The quantitative estimate of drug-likeness (QED) is 0.0772. The van der Waals surface area contributed by atoms with Gasteiger partial charge in [0.05, 0.1) is 39.4 Å². The minimum atomic E-state index is -3.14. The van der Waals surface area contributed by atoms with Crippen molar-refractivity contribution in [3.05, 3.63) is 132 Å². The van der Waals surface area contributed by atoms with Gasteiger partial charge in [-0.15, -0.1) is 0 Å². The van der Waals surface area contributed by atoms with E-state index in [1.54, 1.807) is 33.3 Å². The molecule has 0 radical (unpaired) electrons. The van der Waals surface area contributed by atoms with Gasteiger partial charge < -0.3 is 36.8 Å². The fraction of sp³-hybridized carbons (Fsp3) is 0.443. The van der Waals surface area contributed by atoms with Crippen LogP contribution in [0.15, 0.2) is 85.7 Å². The van der Waals surface area contributed by atoms with E-state index in [1.165, 1.54) is 0 Å². The van der Waals surface area contributed by atoms with Crippen LogP contribution in [0.25, 0.3) is 33.8 Å². The van der Waals surface area contributed by atoms with Gasteiger partial charge in [0.2, 0.25) is 17.7 Å². The van der Waals surface area contributed by atoms with E-state index in [4.69, 9.17) is 11.6 Å². The van der Waals surface area contributed by atoms with Gasteiger partial charge in [-0.05, 0) is 105 Å². The molecule has 0 unspecified atom stereocenters. The summed E-state index contributed by atoms with van der Waals surface area (Å²) >= 11 is 6.39. The van der Waals surface area contributed by atoms with E-state index in [-0.39, 0.29) is 82.1 Å². The smallest absolute Gasteiger partial charge is 0.223 e. The molecule has 0 saturated carbocycles. The third-order valence-corrected chi connectivity index (χ3v) is 17.8. The Morgan fingerprint density at radius 2 is 0.724 bits per heavy atom. The number of pyridine rings is 6. The van der Waals surface area contributed by atoms with Gasteiger partial charge in [-0.1, -0.05) is 29.8 Å². The number of carbonyl (C=O) groups is 3. The Labute approximate surface area is 532 Å². The molecule has 0 N–H and O–H groups in total. The topological polar surface area (TPSA) is 250 Å². The number of aromatic nitrogens is 6. The molecule has 6 aromatic rings. The van der Waals surface area contributed by atoms with Crippen LogP contribution in [0, 0.1) is 49.0 Å². The third-order valence-electron chi connectivity index (χ3n) is 14.7. The van der Waals surface area contributed by atoms with E-state index in [0.29, 0.717) is 83.6 Å². The molecular formula is C61H80ClN12O9PdS3-. The number of nitrogens with zero attached hydrogens (tertiary/aromatic N) is 12. The van der Waals surface area contributed by atoms with Crippen LogP contribution in [0.2, 0.25) is 5.02 Å². The van der Waals surface area contributed by atoms with E-state index >= 15 is 0 Å². The fourth-order valence-corrected chi connectivity index (χ4v) is 12.0. The van der Waals surface area contributed by atoms with Gasteiger partial charge in [0, 0.05) is 191 Å². The largest absolute Gasteiger partial charge is 0.358 e. The van der Waals surface area contributed by atoms with E-state index in [9.17, 15) is 39.6 Å². The van der Waals surface area contributed by atoms with Crippen LogP contribution in [0.3, 0.4) is 0 Å². The van der Waals surface area contributed by atoms with Crippen LogP contribution in [-0.2, 0) is 64.3 Å². The summed E-state index contributed by atoms with van der Waals surface area (Å²) in [7, 11) is -9.39. The second-order valence-electron chi connectivity index (χ2n) is 22.1. The summed E-state index contributed by atoms with van der Waals surface area (Å²) < 4.78 is 67.6. The van der Waals surface area contributed by atoms with Gasteiger partial charge in [-0.3, -0.25) is 29.3 Å². The SMILES string of the molecule is Cc1cnc(-c2cc(N3CCN(C(=O)CCS(C)(=O)=O)CC3)ncc2Cl)c(C)c1.Cc1cnc(-c2ccnc(N3CCN(C(=O)CCS(C)(=O)=O)CC3)c2)c(C)c1.Cc1cnc(-c2ccnc(N3CCN(C(=O)CCS(C)(=O)=O)CC3)c2)c(C)c1.[CH3-].[Pd]. The molecule has 0 aliphatic carbocycles. The minimum Gasteiger partial charge on any atom is -0.358 e. The van der Waals surface area contributed by atoms with Gasteiger partial charge in [-0.25, -0.2) is 40.2 Å². The van der Waals surface area contributed by atoms with Gasteiger partial charge in [0.15, 0.2) is 0 Å². The molecule has 3 fully saturated rings. The Morgan fingerprint density at radius 1 is 0.425 bits per heavy atom. The molecule has 9 rings (SSSR count). The Bertz CT molecular complexity index is 3570. The summed E-state index contributed by atoms with van der Waals surface area (Å²) in [6.45, 7) is 19.4. The number of piperazine rings is 3. The number of halogens is 1. The number of rotatable bonds is 15. The van der Waals surface area contributed by atoms with Gasteiger partial charge in [-0.2, -0.15) is 0 Å². The van der Waals surface area contributed by atoms with Crippen LogP contribution in [0.4, 0.5) is 17.5 Å². The number of aryl methyl sites for hydroxylation is 6. The normalized spacial score (nSPS) is 14.6. The Hall–Kier alpha value is -6.49. The van der Waals surface area contributed by atoms with Crippen molar-refractivity contribution in [2.75, 3.05) is 129 Å². The zero-order chi connectivity index (χ0) is 61.8. The molecule has 3 amide bonds. The maximum atomic E-state index is 12.2. The molecule has 6 aromatic heterocycles. The first-order valence-electron chi connectivity index (χ1n) is 28.1. The number of carbonyl (C=O) groups excluding carboxylic acids is 3. The summed E-state index contributed by atoms with van der Waals surface area (Å²) in [5, 5.41) is 0.544. The molecule has 9 heterocycles. The van der Waals surface area contributed by atoms with Gasteiger partial charge in [0.1, 0.15) is 47.0 Å². The van der Waals surface area contributed by atoms with Crippen molar-refractivity contribution >= 4 is 76.3 Å². The number of amides is 3. The van der Waals surface area contributed by atoms with Gasteiger partial charge >= 0.3 is 0 Å². The molecule has 0 bridgehead atoms. The van der Waals surface area contributed by atoms with Crippen molar-refractivity contribution in [3.8, 4) is 33.8 Å². The predicted octanol–water partition coefficient (Wildman–Crippen LogP) is 6.63. The summed E-state index contributed by atoms with van der Waals surface area (Å²) in [4.78, 5) is 75.3. The first-order chi connectivity index (χ1) is 40.1. The summed E-state index contributed by atoms with van der Waals surface area (Å²) in [5.41, 5.74) is 12.3. The molecular weight excluding hydrogens is 1280 g/mol. The first kappa shape index (κ1) is 71.3. The second kappa shape index (κ2) is 31.6. The van der Waals surface area contributed by atoms with Crippen molar-refractivity contribution in [3.63, 3.8) is 0 Å². The van der Waals surface area contributed by atoms with Crippen LogP contribution in [-0.4, -0.2) is 202 Å². The van der Waals surface area contributed by atoms with Crippen LogP contribution >= 0.6 is 11.6 Å². The fourth-order valence-electron chi connectivity index (χ4n) is 10.1. The molecule has 26 heteroatoms. The molecule has 21 nitrogen and oxygen atoms in total. The van der Waals surface area contributed by atoms with Crippen molar-refractivity contribution in [1.29, 1.82) is 0 Å². The predicted molar refractivity (Wildman–Crippen MR) is 342 cm³/mol. The second-order valence-corrected chi connectivity index (χ2v) is 29.3. The molecule has 0 atom stereocenters. The summed E-state index contributed by atoms with van der Waals surface area (Å²) in [5.74, 6) is 1.87. The molecule has 0 aromatic carbocycles. The van der Waals surface area contributed by atoms with Crippen LogP contribution < -0.4 is 14.7 Å². The number of hydrogen-bond donors (Lipinski definition) is 0. The third kappa shape index (κ3) is 21.4.